The highest BCUT2D eigenvalue weighted by molar-refractivity contribution is 5.79. The van der Waals surface area contributed by atoms with E-state index in [0.717, 1.165) is 89.1 Å². The molecule has 0 radical (unpaired) electrons. The van der Waals surface area contributed by atoms with Crippen LogP contribution in [0, 0.1) is 6.92 Å². The summed E-state index contributed by atoms with van der Waals surface area (Å²) in [6, 6.07) is 10.3. The van der Waals surface area contributed by atoms with Gasteiger partial charge in [-0.1, -0.05) is 18.2 Å². The van der Waals surface area contributed by atoms with Gasteiger partial charge in [-0.2, -0.15) is 5.10 Å². The number of rotatable bonds is 10. The highest BCUT2D eigenvalue weighted by atomic mass is 16.5. The lowest BCUT2D eigenvalue weighted by atomic mass is 10.1. The number of benzene rings is 1. The summed E-state index contributed by atoms with van der Waals surface area (Å²) in [5.74, 6) is 0.913. The minimum absolute atomic E-state index is 0.800. The zero-order chi connectivity index (χ0) is 21.0. The average Bonchev–Trinajstić information content (AvgIpc) is 3.16. The van der Waals surface area contributed by atoms with Crippen molar-refractivity contribution in [1.82, 2.24) is 25.3 Å². The third-order valence-corrected chi connectivity index (χ3v) is 5.29. The van der Waals surface area contributed by atoms with Crippen LogP contribution in [0.4, 0.5) is 0 Å². The van der Waals surface area contributed by atoms with E-state index in [1.165, 1.54) is 5.56 Å². The Balaban J connectivity index is 1.40. The van der Waals surface area contributed by atoms with Crippen LogP contribution in [-0.4, -0.2) is 73.1 Å². The van der Waals surface area contributed by atoms with Gasteiger partial charge in [-0.15, -0.1) is 0 Å². The molecule has 1 aliphatic heterocycles. The predicted octanol–water partition coefficient (Wildman–Crippen LogP) is 2.39. The topological polar surface area (TPSA) is 66.7 Å². The van der Waals surface area contributed by atoms with Crippen LogP contribution in [-0.2, 0) is 11.2 Å². The number of ether oxygens (including phenoxy) is 1. The standard InChI is InChI=1S/C23H36N6O/c1-3-24-23(26-13-8-14-28-15-17-30-18-16-28)25-12-7-9-21-19-29(27-20(21)2)22-10-5-4-6-11-22/h4-6,10-11,19H,3,7-9,12-18H2,1-2H3,(H2,24,25,26). The molecule has 30 heavy (non-hydrogen) atoms. The molecule has 2 heterocycles. The molecule has 2 aromatic rings. The fourth-order valence-electron chi connectivity index (χ4n) is 3.59. The number of morpholine rings is 1. The molecule has 2 N–H and O–H groups in total. The minimum atomic E-state index is 0.800. The quantitative estimate of drug-likeness (QED) is 0.356. The van der Waals surface area contributed by atoms with Gasteiger partial charge in [0.2, 0.25) is 0 Å². The van der Waals surface area contributed by atoms with Crippen LogP contribution >= 0.6 is 0 Å². The molecule has 1 fully saturated rings. The molecule has 1 aromatic carbocycles. The lowest BCUT2D eigenvalue weighted by molar-refractivity contribution is 0.0376. The number of aryl methyl sites for hydroxylation is 2. The van der Waals surface area contributed by atoms with Crippen LogP contribution in [0.3, 0.4) is 0 Å². The van der Waals surface area contributed by atoms with Crippen molar-refractivity contribution in [3.8, 4) is 5.69 Å². The van der Waals surface area contributed by atoms with E-state index in [0.29, 0.717) is 0 Å². The predicted molar refractivity (Wildman–Crippen MR) is 122 cm³/mol. The lowest BCUT2D eigenvalue weighted by Gasteiger charge is -2.26. The minimum Gasteiger partial charge on any atom is -0.379 e. The molecule has 0 spiro atoms. The Labute approximate surface area is 180 Å². The number of nitrogens with one attached hydrogen (secondary N) is 2. The monoisotopic (exact) mass is 412 g/mol. The van der Waals surface area contributed by atoms with E-state index < -0.39 is 0 Å². The average molecular weight is 413 g/mol. The van der Waals surface area contributed by atoms with E-state index in [4.69, 9.17) is 9.73 Å². The summed E-state index contributed by atoms with van der Waals surface area (Å²) >= 11 is 0. The smallest absolute Gasteiger partial charge is 0.191 e. The number of aromatic nitrogens is 2. The Bertz CT molecular complexity index is 767. The number of para-hydroxylation sites is 1. The van der Waals surface area contributed by atoms with Gasteiger partial charge in [0.05, 0.1) is 24.6 Å². The van der Waals surface area contributed by atoms with E-state index in [-0.39, 0.29) is 0 Å². The van der Waals surface area contributed by atoms with Gasteiger partial charge in [-0.25, -0.2) is 4.68 Å². The number of aliphatic imine (C=N–C) groups is 1. The van der Waals surface area contributed by atoms with Crippen molar-refractivity contribution in [3.63, 3.8) is 0 Å². The highest BCUT2D eigenvalue weighted by Crippen LogP contribution is 2.13. The zero-order valence-electron chi connectivity index (χ0n) is 18.4. The summed E-state index contributed by atoms with van der Waals surface area (Å²) in [6.45, 7) is 11.7. The Morgan fingerprint density at radius 3 is 2.70 bits per heavy atom. The Morgan fingerprint density at radius 2 is 1.93 bits per heavy atom. The molecule has 164 valence electrons. The molecule has 0 amide bonds. The van der Waals surface area contributed by atoms with E-state index in [2.05, 4.69) is 52.8 Å². The van der Waals surface area contributed by atoms with Gasteiger partial charge in [0.25, 0.3) is 0 Å². The largest absolute Gasteiger partial charge is 0.379 e. The van der Waals surface area contributed by atoms with Crippen LogP contribution in [0.25, 0.3) is 5.69 Å². The van der Waals surface area contributed by atoms with Crippen molar-refractivity contribution in [3.05, 3.63) is 47.8 Å². The zero-order valence-corrected chi connectivity index (χ0v) is 18.4. The van der Waals surface area contributed by atoms with Gasteiger partial charge in [-0.3, -0.25) is 9.89 Å². The normalized spacial score (nSPS) is 15.3. The Hall–Kier alpha value is -2.38. The first-order chi connectivity index (χ1) is 14.8. The molecule has 7 heteroatoms. The third kappa shape index (κ3) is 7.15. The molecule has 0 bridgehead atoms. The van der Waals surface area contributed by atoms with E-state index in [9.17, 15) is 0 Å². The maximum Gasteiger partial charge on any atom is 0.191 e. The molecule has 1 saturated heterocycles. The van der Waals surface area contributed by atoms with Crippen molar-refractivity contribution >= 4 is 5.96 Å². The SMILES string of the molecule is CCNC(=NCCCc1cn(-c2ccccc2)nc1C)NCCCN1CCOCC1. The number of hydrogen-bond donors (Lipinski definition) is 2. The van der Waals surface area contributed by atoms with E-state index in [1.54, 1.807) is 0 Å². The van der Waals surface area contributed by atoms with Gasteiger partial charge in [0.15, 0.2) is 5.96 Å². The first kappa shape index (κ1) is 22.3. The van der Waals surface area contributed by atoms with Crippen molar-refractivity contribution in [2.75, 3.05) is 52.5 Å². The van der Waals surface area contributed by atoms with E-state index in [1.807, 2.05) is 22.9 Å². The van der Waals surface area contributed by atoms with Crippen LogP contribution in [0.1, 0.15) is 31.0 Å². The summed E-state index contributed by atoms with van der Waals surface area (Å²) in [5.41, 5.74) is 3.48. The van der Waals surface area contributed by atoms with Crippen LogP contribution in [0.15, 0.2) is 41.5 Å². The molecule has 1 aliphatic rings. The van der Waals surface area contributed by atoms with Crippen LogP contribution in [0.5, 0.6) is 0 Å². The number of guanidine groups is 1. The van der Waals surface area contributed by atoms with Crippen LogP contribution in [0.2, 0.25) is 0 Å². The molecule has 7 nitrogen and oxygen atoms in total. The molecule has 0 aliphatic carbocycles. The number of hydrogen-bond acceptors (Lipinski definition) is 4. The molecule has 3 rings (SSSR count). The molecule has 0 saturated carbocycles. The molecular weight excluding hydrogens is 376 g/mol. The molecule has 1 aromatic heterocycles. The fraction of sp³-hybridized carbons (Fsp3) is 0.565. The van der Waals surface area contributed by atoms with Gasteiger partial charge in [0.1, 0.15) is 0 Å². The first-order valence-corrected chi connectivity index (χ1v) is 11.2. The highest BCUT2D eigenvalue weighted by Gasteiger charge is 2.09. The van der Waals surface area contributed by atoms with Crippen LogP contribution < -0.4 is 10.6 Å². The van der Waals surface area contributed by atoms with Crippen molar-refractivity contribution in [1.29, 1.82) is 0 Å². The molecular formula is C23H36N6O. The second kappa shape index (κ2) is 12.3. The Morgan fingerprint density at radius 1 is 1.13 bits per heavy atom. The third-order valence-electron chi connectivity index (χ3n) is 5.29. The summed E-state index contributed by atoms with van der Waals surface area (Å²) in [7, 11) is 0. The maximum atomic E-state index is 5.40. The van der Waals surface area contributed by atoms with Crippen molar-refractivity contribution in [2.24, 2.45) is 4.99 Å². The van der Waals surface area contributed by atoms with Gasteiger partial charge in [-0.05, 0) is 57.4 Å². The fourth-order valence-corrected chi connectivity index (χ4v) is 3.59. The molecule has 0 unspecified atom stereocenters. The summed E-state index contributed by atoms with van der Waals surface area (Å²) in [4.78, 5) is 7.21. The summed E-state index contributed by atoms with van der Waals surface area (Å²) in [5, 5.41) is 11.5. The first-order valence-electron chi connectivity index (χ1n) is 11.2. The number of nitrogens with zero attached hydrogens (tertiary/aromatic N) is 4. The van der Waals surface area contributed by atoms with Gasteiger partial charge >= 0.3 is 0 Å². The molecule has 0 atom stereocenters. The second-order valence-corrected chi connectivity index (χ2v) is 7.62. The van der Waals surface area contributed by atoms with E-state index >= 15 is 0 Å². The second-order valence-electron chi connectivity index (χ2n) is 7.62. The summed E-state index contributed by atoms with van der Waals surface area (Å²) < 4.78 is 7.37. The van der Waals surface area contributed by atoms with Crippen molar-refractivity contribution < 1.29 is 4.74 Å². The van der Waals surface area contributed by atoms with Crippen molar-refractivity contribution in [2.45, 2.75) is 33.1 Å². The summed E-state index contributed by atoms with van der Waals surface area (Å²) in [6.07, 6.45) is 5.25. The van der Waals surface area contributed by atoms with Gasteiger partial charge in [0, 0.05) is 38.9 Å². The Kier molecular flexibility index (Phi) is 9.18. The maximum absolute atomic E-state index is 5.40. The van der Waals surface area contributed by atoms with Gasteiger partial charge < -0.3 is 15.4 Å². The lowest BCUT2D eigenvalue weighted by Crippen LogP contribution is -2.40.